The zero-order chi connectivity index (χ0) is 35.7. The van der Waals surface area contributed by atoms with Crippen molar-refractivity contribution in [1.29, 1.82) is 10.5 Å². The summed E-state index contributed by atoms with van der Waals surface area (Å²) in [6, 6.07) is 4.32. The van der Waals surface area contributed by atoms with Crippen LogP contribution in [0.3, 0.4) is 0 Å². The fourth-order valence-electron chi connectivity index (χ4n) is 8.74. The summed E-state index contributed by atoms with van der Waals surface area (Å²) in [5.74, 6) is -1.16. The van der Waals surface area contributed by atoms with Crippen LogP contribution in [0.4, 0.5) is 0 Å². The highest BCUT2D eigenvalue weighted by molar-refractivity contribution is 5.99. The summed E-state index contributed by atoms with van der Waals surface area (Å²) in [6.07, 6.45) is 9.31. The molecule has 0 atom stereocenters. The van der Waals surface area contributed by atoms with E-state index in [2.05, 4.69) is 54.5 Å². The van der Waals surface area contributed by atoms with Crippen molar-refractivity contribution in [2.24, 2.45) is 10.8 Å². The Morgan fingerprint density at radius 2 is 1.22 bits per heavy atom. The molecular weight excluding hydrogens is 614 g/mol. The van der Waals surface area contributed by atoms with Gasteiger partial charge in [-0.25, -0.2) is 4.85 Å². The summed E-state index contributed by atoms with van der Waals surface area (Å²) < 4.78 is 0. The number of aliphatic hydroxyl groups excluding tert-OH is 1. The van der Waals surface area contributed by atoms with Gasteiger partial charge in [0.2, 0.25) is 5.70 Å². The van der Waals surface area contributed by atoms with Crippen LogP contribution >= 0.6 is 0 Å². The molecule has 2 amide bonds. The molecule has 2 aliphatic heterocycles. The second-order valence-corrected chi connectivity index (χ2v) is 16.4. The first-order chi connectivity index (χ1) is 23.2. The van der Waals surface area contributed by atoms with E-state index < -0.39 is 5.91 Å². The maximum absolute atomic E-state index is 14.0. The number of carbonyl (C=O) groups is 2. The van der Waals surface area contributed by atoms with Crippen molar-refractivity contribution in [3.05, 3.63) is 56.6 Å². The van der Waals surface area contributed by atoms with Crippen LogP contribution < -0.4 is 0 Å². The molecule has 262 valence electrons. The lowest BCUT2D eigenvalue weighted by Crippen LogP contribution is -2.46. The van der Waals surface area contributed by atoms with Gasteiger partial charge in [-0.3, -0.25) is 9.59 Å². The maximum atomic E-state index is 14.0. The third kappa shape index (κ3) is 7.37. The largest absolute Gasteiger partial charge is 0.504 e. The maximum Gasteiger partial charge on any atom is 0.287 e. The number of aliphatic hydroxyl groups is 1. The first-order valence-electron chi connectivity index (χ1n) is 18.1. The number of nitriles is 2. The minimum Gasteiger partial charge on any atom is -0.504 e. The lowest BCUT2D eigenvalue weighted by atomic mass is 9.72. The summed E-state index contributed by atoms with van der Waals surface area (Å²) in [4.78, 5) is 39.3. The van der Waals surface area contributed by atoms with E-state index >= 15 is 0 Å². The number of amides is 2. The zero-order valence-electron chi connectivity index (χ0n) is 30.4. The van der Waals surface area contributed by atoms with Gasteiger partial charge < -0.3 is 24.7 Å². The van der Waals surface area contributed by atoms with Gasteiger partial charge in [0, 0.05) is 69.3 Å². The molecule has 1 N–H and O–H groups in total. The number of allylic oxidation sites excluding steroid dienone is 5. The van der Waals surface area contributed by atoms with Crippen molar-refractivity contribution >= 4 is 11.8 Å². The lowest BCUT2D eigenvalue weighted by molar-refractivity contribution is -0.133. The Labute approximate surface area is 292 Å². The molecular formula is C39H53N7O3. The molecule has 0 radical (unpaired) electrons. The van der Waals surface area contributed by atoms with Gasteiger partial charge in [0.1, 0.15) is 17.7 Å². The molecule has 0 spiro atoms. The first-order valence-corrected chi connectivity index (χ1v) is 18.1. The molecule has 10 heteroatoms. The third-order valence-corrected chi connectivity index (χ3v) is 11.5. The number of hydrogen-bond donors (Lipinski definition) is 1. The van der Waals surface area contributed by atoms with Crippen LogP contribution in [-0.4, -0.2) is 88.9 Å². The average molecular weight is 668 g/mol. The quantitative estimate of drug-likeness (QED) is 0.147. The molecule has 0 aromatic heterocycles. The fraction of sp³-hybridized carbons (Fsp3) is 0.667. The number of hydrogen-bond acceptors (Lipinski definition) is 7. The van der Waals surface area contributed by atoms with Gasteiger partial charge in [0.25, 0.3) is 11.8 Å². The number of likely N-dealkylation sites (N-methyl/N-ethyl adjacent to an activating group) is 2. The third-order valence-electron chi connectivity index (χ3n) is 11.5. The molecule has 2 saturated heterocycles. The van der Waals surface area contributed by atoms with Crippen LogP contribution in [0.25, 0.3) is 4.85 Å². The predicted molar refractivity (Wildman–Crippen MR) is 188 cm³/mol. The van der Waals surface area contributed by atoms with Crippen molar-refractivity contribution in [2.45, 2.75) is 117 Å². The molecule has 1 saturated carbocycles. The topological polar surface area (TPSA) is 119 Å². The van der Waals surface area contributed by atoms with Crippen molar-refractivity contribution < 1.29 is 14.7 Å². The van der Waals surface area contributed by atoms with Crippen molar-refractivity contribution in [3.8, 4) is 12.1 Å². The first kappa shape index (κ1) is 36.1. The van der Waals surface area contributed by atoms with Crippen molar-refractivity contribution in [2.75, 3.05) is 40.3 Å². The number of carbonyl (C=O) groups excluding carboxylic acids is 2. The summed E-state index contributed by atoms with van der Waals surface area (Å²) in [5.41, 5.74) is 3.53. The minimum atomic E-state index is -0.469. The van der Waals surface area contributed by atoms with Crippen LogP contribution in [0.15, 0.2) is 45.1 Å². The van der Waals surface area contributed by atoms with Gasteiger partial charge in [-0.2, -0.15) is 10.5 Å². The van der Waals surface area contributed by atoms with Gasteiger partial charge in [-0.1, -0.05) is 27.7 Å². The number of rotatable bonds is 6. The van der Waals surface area contributed by atoms with Crippen LogP contribution in [-0.2, 0) is 9.59 Å². The average Bonchev–Trinajstić information content (AvgIpc) is 3.82. The molecule has 0 bridgehead atoms. The Kier molecular flexibility index (Phi) is 10.5. The Hall–Kier alpha value is -4.23. The number of nitrogens with zero attached hydrogens (tertiary/aromatic N) is 7. The van der Waals surface area contributed by atoms with E-state index in [1.54, 1.807) is 23.9 Å². The Balaban J connectivity index is 1.31. The normalized spacial score (nSPS) is 27.2. The molecule has 2 heterocycles. The smallest absolute Gasteiger partial charge is 0.287 e. The lowest BCUT2D eigenvalue weighted by Gasteiger charge is -2.40. The molecule has 3 aliphatic carbocycles. The molecule has 5 rings (SSSR count). The minimum absolute atomic E-state index is 0.0573. The fourth-order valence-corrected chi connectivity index (χ4v) is 8.74. The van der Waals surface area contributed by atoms with E-state index in [1.165, 1.54) is 0 Å². The van der Waals surface area contributed by atoms with E-state index in [0.717, 1.165) is 76.1 Å². The molecule has 0 aromatic carbocycles. The summed E-state index contributed by atoms with van der Waals surface area (Å²) >= 11 is 0. The van der Waals surface area contributed by atoms with Crippen LogP contribution in [0.5, 0.6) is 0 Å². The molecule has 5 aliphatic rings. The zero-order valence-corrected chi connectivity index (χ0v) is 30.4. The van der Waals surface area contributed by atoms with Gasteiger partial charge in [0.05, 0.1) is 12.1 Å². The van der Waals surface area contributed by atoms with E-state index in [0.29, 0.717) is 60.9 Å². The Morgan fingerprint density at radius 1 is 0.776 bits per heavy atom. The highest BCUT2D eigenvalue weighted by atomic mass is 16.3. The molecule has 10 nitrogen and oxygen atoms in total. The highest BCUT2D eigenvalue weighted by Gasteiger charge is 2.40. The summed E-state index contributed by atoms with van der Waals surface area (Å²) in [6.45, 7) is 20.1. The van der Waals surface area contributed by atoms with Gasteiger partial charge in [0.15, 0.2) is 5.76 Å². The van der Waals surface area contributed by atoms with E-state index in [4.69, 9.17) is 6.57 Å². The second-order valence-electron chi connectivity index (χ2n) is 16.4. The molecule has 49 heavy (non-hydrogen) atoms. The summed E-state index contributed by atoms with van der Waals surface area (Å²) in [7, 11) is 3.45. The SMILES string of the molecule is [C-]#[N+]C1=C(N2CCCC2)CC(C)(C)C/C1=C(/O)C(=O)N(C)C1CCC(N(C)C(=O)/C(C#N)=C2\CC(C)(C)CC(N3CCCC3)=C2C#N)CC1. The Bertz CT molecular complexity index is 1610. The molecule has 0 aromatic rings. The van der Waals surface area contributed by atoms with Crippen molar-refractivity contribution in [1.82, 2.24) is 19.6 Å². The van der Waals surface area contributed by atoms with Gasteiger partial charge in [-0.05, 0) is 93.5 Å². The molecule has 3 fully saturated rings. The second kappa shape index (κ2) is 14.3. The standard InChI is InChI=1S/C39H53N7O3/c1-38(2)20-28(30(24-40)32(22-38)45-16-8-9-17-45)31(25-41)36(48)43(6)26-12-14-27(15-13-26)44(7)37(49)35(47)29-21-39(3,4)23-33(34(29)42-5)46-18-10-11-19-46/h26-27,47H,8-23H2,1-4,6-7H3/b31-28+,35-29-. The van der Waals surface area contributed by atoms with E-state index in [1.807, 2.05) is 0 Å². The van der Waals surface area contributed by atoms with Gasteiger partial charge in [-0.15, -0.1) is 0 Å². The summed E-state index contributed by atoms with van der Waals surface area (Å²) in [5, 5.41) is 32.0. The van der Waals surface area contributed by atoms with Gasteiger partial charge >= 0.3 is 0 Å². The van der Waals surface area contributed by atoms with Crippen LogP contribution in [0, 0.1) is 40.1 Å². The highest BCUT2D eigenvalue weighted by Crippen LogP contribution is 2.46. The van der Waals surface area contributed by atoms with Crippen LogP contribution in [0.2, 0.25) is 0 Å². The molecule has 0 unspecified atom stereocenters. The predicted octanol–water partition coefficient (Wildman–Crippen LogP) is 6.59. The van der Waals surface area contributed by atoms with Crippen molar-refractivity contribution in [3.63, 3.8) is 0 Å². The van der Waals surface area contributed by atoms with E-state index in [9.17, 15) is 25.2 Å². The number of likely N-dealkylation sites (tertiary alicyclic amines) is 2. The monoisotopic (exact) mass is 667 g/mol. The van der Waals surface area contributed by atoms with Crippen LogP contribution in [0.1, 0.15) is 105 Å². The Morgan fingerprint density at radius 3 is 1.69 bits per heavy atom. The van der Waals surface area contributed by atoms with E-state index in [-0.39, 0.29) is 40.2 Å².